The van der Waals surface area contributed by atoms with Crippen molar-refractivity contribution in [3.05, 3.63) is 29.8 Å². The Bertz CT molecular complexity index is 358. The van der Waals surface area contributed by atoms with Crippen LogP contribution in [-0.4, -0.2) is 17.7 Å². The van der Waals surface area contributed by atoms with Crippen LogP contribution in [-0.2, 0) is 10.3 Å². The summed E-state index contributed by atoms with van der Waals surface area (Å²) in [4.78, 5) is 4.05. The fourth-order valence-electron chi connectivity index (χ4n) is 2.17. The van der Waals surface area contributed by atoms with E-state index in [9.17, 15) is 4.39 Å². The van der Waals surface area contributed by atoms with Gasteiger partial charge in [0.15, 0.2) is 0 Å². The molecule has 2 N–H and O–H groups in total. The molecule has 0 radical (unpaired) electrons. The molecule has 0 spiro atoms. The highest BCUT2D eigenvalue weighted by Crippen LogP contribution is 2.25. The Kier molecular flexibility index (Phi) is 3.74. The number of ether oxygens (including phenoxy) is 1. The second-order valence-corrected chi connectivity index (χ2v) is 4.95. The highest BCUT2D eigenvalue weighted by molar-refractivity contribution is 5.14. The Morgan fingerprint density at radius 1 is 1.59 bits per heavy atom. The molecular formula is C13H19FN2O. The molecule has 0 aliphatic carbocycles. The van der Waals surface area contributed by atoms with Crippen molar-refractivity contribution < 1.29 is 9.13 Å². The lowest BCUT2D eigenvalue weighted by Crippen LogP contribution is -2.35. The highest BCUT2D eigenvalue weighted by Gasteiger charge is 2.25. The Labute approximate surface area is 101 Å². The van der Waals surface area contributed by atoms with Crippen molar-refractivity contribution in [3.63, 3.8) is 0 Å². The van der Waals surface area contributed by atoms with Gasteiger partial charge in [-0.15, -0.1) is 0 Å². The largest absolute Gasteiger partial charge is 0.378 e. The lowest BCUT2D eigenvalue weighted by Gasteiger charge is -2.25. The minimum absolute atomic E-state index is 0.330. The SMILES string of the molecule is CC(N)(CCC1CCCO1)c1ccc(F)cn1. The van der Waals surface area contributed by atoms with Crippen molar-refractivity contribution >= 4 is 0 Å². The highest BCUT2D eigenvalue weighted by atomic mass is 19.1. The molecule has 1 aromatic heterocycles. The van der Waals surface area contributed by atoms with E-state index >= 15 is 0 Å². The zero-order valence-corrected chi connectivity index (χ0v) is 10.2. The van der Waals surface area contributed by atoms with Crippen molar-refractivity contribution in [1.29, 1.82) is 0 Å². The number of nitrogens with two attached hydrogens (primary N) is 1. The Morgan fingerprint density at radius 3 is 3.00 bits per heavy atom. The molecule has 94 valence electrons. The quantitative estimate of drug-likeness (QED) is 0.876. The minimum Gasteiger partial charge on any atom is -0.378 e. The van der Waals surface area contributed by atoms with Crippen molar-refractivity contribution in [1.82, 2.24) is 4.98 Å². The summed E-state index contributed by atoms with van der Waals surface area (Å²) in [6, 6.07) is 3.06. The van der Waals surface area contributed by atoms with Crippen LogP contribution in [0, 0.1) is 5.82 Å². The number of hydrogen-bond acceptors (Lipinski definition) is 3. The first-order chi connectivity index (χ1) is 8.08. The molecule has 1 aliphatic heterocycles. The van der Waals surface area contributed by atoms with Gasteiger partial charge in [-0.05, 0) is 44.7 Å². The van der Waals surface area contributed by atoms with Gasteiger partial charge < -0.3 is 10.5 Å². The maximum absolute atomic E-state index is 12.8. The summed E-state index contributed by atoms with van der Waals surface area (Å²) in [5, 5.41) is 0. The number of hydrogen-bond donors (Lipinski definition) is 1. The smallest absolute Gasteiger partial charge is 0.141 e. The van der Waals surface area contributed by atoms with Crippen LogP contribution in [0.4, 0.5) is 4.39 Å². The van der Waals surface area contributed by atoms with Gasteiger partial charge in [0.05, 0.1) is 23.5 Å². The lowest BCUT2D eigenvalue weighted by molar-refractivity contribution is 0.0964. The van der Waals surface area contributed by atoms with Crippen molar-refractivity contribution in [2.75, 3.05) is 6.61 Å². The molecule has 2 heterocycles. The van der Waals surface area contributed by atoms with Gasteiger partial charge in [0.1, 0.15) is 5.82 Å². The maximum Gasteiger partial charge on any atom is 0.141 e. The predicted molar refractivity (Wildman–Crippen MR) is 63.9 cm³/mol. The van der Waals surface area contributed by atoms with Crippen molar-refractivity contribution in [3.8, 4) is 0 Å². The Morgan fingerprint density at radius 2 is 2.41 bits per heavy atom. The van der Waals surface area contributed by atoms with Gasteiger partial charge in [-0.25, -0.2) is 4.39 Å². The van der Waals surface area contributed by atoms with Crippen LogP contribution in [0.15, 0.2) is 18.3 Å². The van der Waals surface area contributed by atoms with Gasteiger partial charge in [0.2, 0.25) is 0 Å². The summed E-state index contributed by atoms with van der Waals surface area (Å²) >= 11 is 0. The number of rotatable bonds is 4. The van der Waals surface area contributed by atoms with E-state index in [1.807, 2.05) is 6.92 Å². The second kappa shape index (κ2) is 5.10. The topological polar surface area (TPSA) is 48.1 Å². The molecule has 2 unspecified atom stereocenters. The number of pyridine rings is 1. The van der Waals surface area contributed by atoms with Crippen LogP contribution in [0.5, 0.6) is 0 Å². The maximum atomic E-state index is 12.8. The summed E-state index contributed by atoms with van der Waals surface area (Å²) in [7, 11) is 0. The van der Waals surface area contributed by atoms with Crippen LogP contribution in [0.3, 0.4) is 0 Å². The molecule has 0 saturated carbocycles. The first kappa shape index (κ1) is 12.5. The molecule has 4 heteroatoms. The van der Waals surface area contributed by atoms with Crippen LogP contribution >= 0.6 is 0 Å². The van der Waals surface area contributed by atoms with Gasteiger partial charge in [-0.2, -0.15) is 0 Å². The summed E-state index contributed by atoms with van der Waals surface area (Å²) in [5.74, 6) is -0.330. The third-order valence-corrected chi connectivity index (χ3v) is 3.32. The molecule has 0 amide bonds. The zero-order valence-electron chi connectivity index (χ0n) is 10.2. The fourth-order valence-corrected chi connectivity index (χ4v) is 2.17. The van der Waals surface area contributed by atoms with Gasteiger partial charge in [-0.3, -0.25) is 4.98 Å². The third-order valence-electron chi connectivity index (χ3n) is 3.32. The van der Waals surface area contributed by atoms with Crippen LogP contribution in [0.25, 0.3) is 0 Å². The van der Waals surface area contributed by atoms with E-state index in [0.29, 0.717) is 6.10 Å². The van der Waals surface area contributed by atoms with E-state index in [4.69, 9.17) is 10.5 Å². The third kappa shape index (κ3) is 3.23. The number of halogens is 1. The molecular weight excluding hydrogens is 219 g/mol. The first-order valence-corrected chi connectivity index (χ1v) is 6.10. The average molecular weight is 238 g/mol. The zero-order chi connectivity index (χ0) is 12.3. The van der Waals surface area contributed by atoms with Crippen molar-refractivity contribution in [2.45, 2.75) is 44.2 Å². The molecule has 2 rings (SSSR count). The first-order valence-electron chi connectivity index (χ1n) is 6.10. The Balaban J connectivity index is 1.94. The molecule has 1 saturated heterocycles. The molecule has 3 nitrogen and oxygen atoms in total. The van der Waals surface area contributed by atoms with Gasteiger partial charge in [0.25, 0.3) is 0 Å². The van der Waals surface area contributed by atoms with Crippen LogP contribution in [0.1, 0.15) is 38.3 Å². The molecule has 1 aliphatic rings. The monoisotopic (exact) mass is 238 g/mol. The van der Waals surface area contributed by atoms with Crippen LogP contribution < -0.4 is 5.73 Å². The Hall–Kier alpha value is -1.00. The second-order valence-electron chi connectivity index (χ2n) is 4.95. The average Bonchev–Trinajstić information content (AvgIpc) is 2.80. The van der Waals surface area contributed by atoms with Gasteiger partial charge >= 0.3 is 0 Å². The molecule has 2 atom stereocenters. The molecule has 0 aromatic carbocycles. The van der Waals surface area contributed by atoms with Gasteiger partial charge in [0, 0.05) is 6.61 Å². The van der Waals surface area contributed by atoms with Crippen molar-refractivity contribution in [2.24, 2.45) is 5.73 Å². The van der Waals surface area contributed by atoms with Gasteiger partial charge in [-0.1, -0.05) is 0 Å². The van der Waals surface area contributed by atoms with E-state index in [0.717, 1.165) is 38.0 Å². The van der Waals surface area contributed by atoms with E-state index in [2.05, 4.69) is 4.98 Å². The fraction of sp³-hybridized carbons (Fsp3) is 0.615. The minimum atomic E-state index is -0.514. The lowest BCUT2D eigenvalue weighted by atomic mass is 9.91. The summed E-state index contributed by atoms with van der Waals surface area (Å²) in [5.41, 5.74) is 6.44. The number of aromatic nitrogens is 1. The van der Waals surface area contributed by atoms with E-state index in [1.54, 1.807) is 6.07 Å². The van der Waals surface area contributed by atoms with E-state index < -0.39 is 5.54 Å². The molecule has 1 fully saturated rings. The van der Waals surface area contributed by atoms with E-state index in [1.165, 1.54) is 12.3 Å². The van der Waals surface area contributed by atoms with Crippen LogP contribution in [0.2, 0.25) is 0 Å². The molecule has 17 heavy (non-hydrogen) atoms. The summed E-state index contributed by atoms with van der Waals surface area (Å²) in [6.45, 7) is 2.79. The normalized spacial score (nSPS) is 23.6. The predicted octanol–water partition coefficient (Wildman–Crippen LogP) is 2.35. The standard InChI is InChI=1S/C13H19FN2O/c1-13(15,7-6-11-3-2-8-17-11)12-5-4-10(14)9-16-12/h4-5,9,11H,2-3,6-8,15H2,1H3. The van der Waals surface area contributed by atoms with E-state index in [-0.39, 0.29) is 5.82 Å². The molecule has 1 aromatic rings. The molecule has 0 bridgehead atoms. The summed E-state index contributed by atoms with van der Waals surface area (Å²) in [6.07, 6.45) is 5.54. The summed E-state index contributed by atoms with van der Waals surface area (Å²) < 4.78 is 18.4. The number of nitrogens with zero attached hydrogens (tertiary/aromatic N) is 1.